The normalized spacial score (nSPS) is 31.9. The van der Waals surface area contributed by atoms with E-state index >= 15 is 0 Å². The molecule has 3 atom stereocenters. The lowest BCUT2D eigenvalue weighted by Crippen LogP contribution is -2.20. The predicted molar refractivity (Wildman–Crippen MR) is 64.7 cm³/mol. The summed E-state index contributed by atoms with van der Waals surface area (Å²) in [6, 6.07) is 7.33. The van der Waals surface area contributed by atoms with E-state index in [1.54, 1.807) is 0 Å². The molecule has 3 rings (SSSR count). The predicted octanol–water partition coefficient (Wildman–Crippen LogP) is 3.96. The van der Waals surface area contributed by atoms with E-state index in [-0.39, 0.29) is 0 Å². The molecule has 0 radical (unpaired) electrons. The average Bonchev–Trinajstić information content (AvgIpc) is 2.91. The van der Waals surface area contributed by atoms with Gasteiger partial charge in [-0.15, -0.1) is 0 Å². The molecule has 0 saturated heterocycles. The smallest absolute Gasteiger partial charge is 0.166 e. The lowest BCUT2D eigenvalue weighted by molar-refractivity contribution is 0.0875. The number of rotatable bonds is 2. The fourth-order valence-corrected chi connectivity index (χ4v) is 3.52. The van der Waals surface area contributed by atoms with Crippen LogP contribution >= 0.6 is 11.6 Å². The Morgan fingerprint density at radius 2 is 1.88 bits per heavy atom. The van der Waals surface area contributed by atoms with Crippen LogP contribution in [-0.4, -0.2) is 5.78 Å². The Morgan fingerprint density at radius 3 is 2.44 bits per heavy atom. The zero-order chi connectivity index (χ0) is 11.1. The zero-order valence-corrected chi connectivity index (χ0v) is 9.91. The van der Waals surface area contributed by atoms with Gasteiger partial charge in [-0.2, -0.15) is 0 Å². The lowest BCUT2D eigenvalue weighted by atomic mass is 9.83. The van der Waals surface area contributed by atoms with Crippen LogP contribution in [-0.2, 0) is 0 Å². The summed E-state index contributed by atoms with van der Waals surface area (Å²) in [5.41, 5.74) is 0.835. The molecule has 0 heterocycles. The van der Waals surface area contributed by atoms with Crippen LogP contribution in [0.2, 0.25) is 5.02 Å². The monoisotopic (exact) mass is 234 g/mol. The standard InChI is InChI=1S/C14H15ClO/c15-12-5-3-10(4-6-12)14(16)13-8-9-1-2-11(13)7-9/h3-6,9,11,13H,1-2,7-8H2. The van der Waals surface area contributed by atoms with Crippen LogP contribution in [0.5, 0.6) is 0 Å². The minimum atomic E-state index is 0.292. The van der Waals surface area contributed by atoms with Crippen molar-refractivity contribution in [3.63, 3.8) is 0 Å². The van der Waals surface area contributed by atoms with Crippen molar-refractivity contribution in [3.05, 3.63) is 34.9 Å². The van der Waals surface area contributed by atoms with Gasteiger partial charge in [-0.25, -0.2) is 0 Å². The summed E-state index contributed by atoms with van der Waals surface area (Å²) in [6.07, 6.45) is 5.00. The minimum Gasteiger partial charge on any atom is -0.294 e. The van der Waals surface area contributed by atoms with Gasteiger partial charge in [0.05, 0.1) is 0 Å². The largest absolute Gasteiger partial charge is 0.294 e. The lowest BCUT2D eigenvalue weighted by Gasteiger charge is -2.20. The summed E-state index contributed by atoms with van der Waals surface area (Å²) >= 11 is 5.83. The second-order valence-corrected chi connectivity index (χ2v) is 5.59. The molecular weight excluding hydrogens is 220 g/mol. The van der Waals surface area contributed by atoms with Crippen LogP contribution in [0.15, 0.2) is 24.3 Å². The number of carbonyl (C=O) groups excluding carboxylic acids is 1. The molecular formula is C14H15ClO. The van der Waals surface area contributed by atoms with Crippen molar-refractivity contribution in [2.45, 2.75) is 25.7 Å². The van der Waals surface area contributed by atoms with Gasteiger partial charge in [0, 0.05) is 16.5 Å². The van der Waals surface area contributed by atoms with Crippen LogP contribution in [0, 0.1) is 17.8 Å². The number of halogens is 1. The maximum absolute atomic E-state index is 12.3. The van der Waals surface area contributed by atoms with Crippen molar-refractivity contribution in [2.75, 3.05) is 0 Å². The topological polar surface area (TPSA) is 17.1 Å². The van der Waals surface area contributed by atoms with E-state index in [1.165, 1.54) is 19.3 Å². The van der Waals surface area contributed by atoms with Gasteiger partial charge in [0.1, 0.15) is 0 Å². The first-order chi connectivity index (χ1) is 7.74. The quantitative estimate of drug-likeness (QED) is 0.708. The first-order valence-corrected chi connectivity index (χ1v) is 6.41. The third-order valence-corrected chi connectivity index (χ3v) is 4.46. The minimum absolute atomic E-state index is 0.292. The number of Topliss-reactive ketones (excluding diaryl/α,β-unsaturated/α-hetero) is 1. The molecule has 16 heavy (non-hydrogen) atoms. The Morgan fingerprint density at radius 1 is 1.12 bits per heavy atom. The maximum Gasteiger partial charge on any atom is 0.166 e. The van der Waals surface area contributed by atoms with E-state index in [0.29, 0.717) is 22.6 Å². The first-order valence-electron chi connectivity index (χ1n) is 6.04. The highest BCUT2D eigenvalue weighted by atomic mass is 35.5. The van der Waals surface area contributed by atoms with Gasteiger partial charge in [-0.05, 0) is 55.4 Å². The van der Waals surface area contributed by atoms with Crippen LogP contribution in [0.3, 0.4) is 0 Å². The molecule has 0 N–H and O–H groups in total. The van der Waals surface area contributed by atoms with Crippen molar-refractivity contribution < 1.29 is 4.79 Å². The Bertz CT molecular complexity index is 409. The molecule has 2 bridgehead atoms. The van der Waals surface area contributed by atoms with Crippen molar-refractivity contribution >= 4 is 17.4 Å². The molecule has 2 aliphatic rings. The SMILES string of the molecule is O=C(c1ccc(Cl)cc1)C1CC2CCC1C2. The van der Waals surface area contributed by atoms with Crippen LogP contribution in [0.1, 0.15) is 36.0 Å². The van der Waals surface area contributed by atoms with Gasteiger partial charge in [-0.1, -0.05) is 18.0 Å². The Hall–Kier alpha value is -0.820. The Kier molecular flexibility index (Phi) is 2.51. The van der Waals surface area contributed by atoms with Crippen LogP contribution < -0.4 is 0 Å². The molecule has 0 amide bonds. The summed E-state index contributed by atoms with van der Waals surface area (Å²) in [5.74, 6) is 2.11. The van der Waals surface area contributed by atoms with E-state index < -0.39 is 0 Å². The highest BCUT2D eigenvalue weighted by Crippen LogP contribution is 2.49. The number of carbonyl (C=O) groups is 1. The maximum atomic E-state index is 12.3. The second kappa shape index (κ2) is 3.89. The molecule has 2 aliphatic carbocycles. The third kappa shape index (κ3) is 1.67. The summed E-state index contributed by atoms with van der Waals surface area (Å²) in [5, 5.41) is 0.699. The van der Waals surface area contributed by atoms with Crippen molar-refractivity contribution in [3.8, 4) is 0 Å². The van der Waals surface area contributed by atoms with E-state index in [2.05, 4.69) is 0 Å². The molecule has 1 aromatic carbocycles. The summed E-state index contributed by atoms with van der Waals surface area (Å²) < 4.78 is 0. The number of benzene rings is 1. The van der Waals surface area contributed by atoms with Gasteiger partial charge in [0.25, 0.3) is 0 Å². The van der Waals surface area contributed by atoms with E-state index in [9.17, 15) is 4.79 Å². The number of ketones is 1. The number of hydrogen-bond donors (Lipinski definition) is 0. The fraction of sp³-hybridized carbons (Fsp3) is 0.500. The van der Waals surface area contributed by atoms with Gasteiger partial charge in [-0.3, -0.25) is 4.79 Å². The van der Waals surface area contributed by atoms with Gasteiger partial charge < -0.3 is 0 Å². The summed E-state index contributed by atoms with van der Waals surface area (Å²) in [7, 11) is 0. The van der Waals surface area contributed by atoms with Crippen molar-refractivity contribution in [2.24, 2.45) is 17.8 Å². The Balaban J connectivity index is 1.80. The van der Waals surface area contributed by atoms with Crippen molar-refractivity contribution in [1.29, 1.82) is 0 Å². The molecule has 0 aliphatic heterocycles. The third-order valence-electron chi connectivity index (χ3n) is 4.20. The average molecular weight is 235 g/mol. The van der Waals surface area contributed by atoms with Crippen LogP contribution in [0.25, 0.3) is 0 Å². The molecule has 1 nitrogen and oxygen atoms in total. The van der Waals surface area contributed by atoms with E-state index in [4.69, 9.17) is 11.6 Å². The van der Waals surface area contributed by atoms with Gasteiger partial charge in [0.15, 0.2) is 5.78 Å². The fourth-order valence-electron chi connectivity index (χ4n) is 3.39. The Labute approximate surface area is 101 Å². The number of fused-ring (bicyclic) bond motifs is 2. The van der Waals surface area contributed by atoms with E-state index in [1.807, 2.05) is 24.3 Å². The second-order valence-electron chi connectivity index (χ2n) is 5.15. The highest BCUT2D eigenvalue weighted by Gasteiger charge is 2.42. The molecule has 2 saturated carbocycles. The molecule has 2 fully saturated rings. The van der Waals surface area contributed by atoms with Gasteiger partial charge in [0.2, 0.25) is 0 Å². The zero-order valence-electron chi connectivity index (χ0n) is 9.16. The van der Waals surface area contributed by atoms with E-state index in [0.717, 1.165) is 17.9 Å². The molecule has 1 aromatic rings. The highest BCUT2D eigenvalue weighted by molar-refractivity contribution is 6.30. The summed E-state index contributed by atoms with van der Waals surface area (Å²) in [4.78, 5) is 12.3. The molecule has 2 heteroatoms. The van der Waals surface area contributed by atoms with Crippen LogP contribution in [0.4, 0.5) is 0 Å². The molecule has 0 spiro atoms. The summed E-state index contributed by atoms with van der Waals surface area (Å²) in [6.45, 7) is 0. The molecule has 84 valence electrons. The molecule has 0 aromatic heterocycles. The van der Waals surface area contributed by atoms with Gasteiger partial charge >= 0.3 is 0 Å². The molecule has 3 unspecified atom stereocenters. The van der Waals surface area contributed by atoms with Crippen molar-refractivity contribution in [1.82, 2.24) is 0 Å². The number of hydrogen-bond acceptors (Lipinski definition) is 1. The first kappa shape index (κ1) is 10.3.